The number of rotatable bonds is 5. The fourth-order valence-electron chi connectivity index (χ4n) is 2.66. The molecule has 7 heteroatoms. The second-order valence-corrected chi connectivity index (χ2v) is 8.87. The summed E-state index contributed by atoms with van der Waals surface area (Å²) in [6, 6.07) is 5.22. The second-order valence-electron chi connectivity index (χ2n) is 5.26. The van der Waals surface area contributed by atoms with Gasteiger partial charge in [0.05, 0.1) is 4.90 Å². The van der Waals surface area contributed by atoms with E-state index < -0.39 is 10.0 Å². The summed E-state index contributed by atoms with van der Waals surface area (Å²) in [5.41, 5.74) is 6.41. The zero-order valence-electron chi connectivity index (χ0n) is 12.0. The standard InChI is InChI=1S/C14H21BrN2O2S2/c1-20-13-5-3-2-4-12(13)17-21(18,19)14-8-10(9-16)6-7-11(14)15/h6-8,12-13,17H,2-5,9,16H2,1H3. The van der Waals surface area contributed by atoms with Gasteiger partial charge < -0.3 is 5.73 Å². The average molecular weight is 393 g/mol. The smallest absolute Gasteiger partial charge is 0.241 e. The summed E-state index contributed by atoms with van der Waals surface area (Å²) in [5, 5.41) is 0.352. The molecule has 0 bridgehead atoms. The Kier molecular flexibility index (Phi) is 6.14. The van der Waals surface area contributed by atoms with E-state index in [0.717, 1.165) is 24.8 Å². The van der Waals surface area contributed by atoms with Crippen LogP contribution in [0.25, 0.3) is 0 Å². The largest absolute Gasteiger partial charge is 0.326 e. The number of nitrogens with one attached hydrogen (secondary N) is 1. The minimum absolute atomic E-state index is 0.00665. The number of hydrogen-bond acceptors (Lipinski definition) is 4. The van der Waals surface area contributed by atoms with Gasteiger partial charge in [-0.15, -0.1) is 0 Å². The van der Waals surface area contributed by atoms with Crippen molar-refractivity contribution in [2.75, 3.05) is 6.26 Å². The molecule has 2 atom stereocenters. The Balaban J connectivity index is 2.25. The lowest BCUT2D eigenvalue weighted by atomic mass is 9.96. The van der Waals surface area contributed by atoms with Crippen LogP contribution >= 0.6 is 27.7 Å². The zero-order chi connectivity index (χ0) is 15.5. The molecule has 0 spiro atoms. The molecule has 0 saturated heterocycles. The molecule has 4 nitrogen and oxygen atoms in total. The Morgan fingerprint density at radius 2 is 2.10 bits per heavy atom. The van der Waals surface area contributed by atoms with Crippen molar-refractivity contribution in [2.45, 2.75) is 48.4 Å². The van der Waals surface area contributed by atoms with E-state index >= 15 is 0 Å². The predicted octanol–water partition coefficient (Wildman–Crippen LogP) is 2.86. The van der Waals surface area contributed by atoms with Crippen LogP contribution in [0, 0.1) is 0 Å². The van der Waals surface area contributed by atoms with E-state index in [1.807, 2.05) is 12.3 Å². The predicted molar refractivity (Wildman–Crippen MR) is 91.9 cm³/mol. The van der Waals surface area contributed by atoms with E-state index in [1.165, 1.54) is 6.42 Å². The fraction of sp³-hybridized carbons (Fsp3) is 0.571. The maximum Gasteiger partial charge on any atom is 0.241 e. The van der Waals surface area contributed by atoms with Gasteiger partial charge in [0.2, 0.25) is 10.0 Å². The summed E-state index contributed by atoms with van der Waals surface area (Å²) in [6.45, 7) is 0.326. The van der Waals surface area contributed by atoms with Crippen LogP contribution in [0.1, 0.15) is 31.2 Å². The van der Waals surface area contributed by atoms with Gasteiger partial charge in [-0.2, -0.15) is 11.8 Å². The van der Waals surface area contributed by atoms with Crippen LogP contribution in [0.15, 0.2) is 27.6 Å². The second kappa shape index (κ2) is 7.46. The molecule has 1 saturated carbocycles. The highest BCUT2D eigenvalue weighted by molar-refractivity contribution is 9.10. The Bertz CT molecular complexity index is 593. The van der Waals surface area contributed by atoms with E-state index in [-0.39, 0.29) is 10.9 Å². The van der Waals surface area contributed by atoms with E-state index in [2.05, 4.69) is 20.7 Å². The molecule has 1 aromatic rings. The topological polar surface area (TPSA) is 72.2 Å². The first-order valence-corrected chi connectivity index (χ1v) is 10.6. The SMILES string of the molecule is CSC1CCCCC1NS(=O)(=O)c1cc(CN)ccc1Br. The molecule has 1 aliphatic carbocycles. The van der Waals surface area contributed by atoms with E-state index in [1.54, 1.807) is 23.9 Å². The van der Waals surface area contributed by atoms with Gasteiger partial charge in [0.1, 0.15) is 0 Å². The molecular formula is C14H21BrN2O2S2. The Morgan fingerprint density at radius 1 is 1.38 bits per heavy atom. The summed E-state index contributed by atoms with van der Waals surface area (Å²) in [5.74, 6) is 0. The van der Waals surface area contributed by atoms with Gasteiger partial charge in [0.15, 0.2) is 0 Å². The zero-order valence-corrected chi connectivity index (χ0v) is 15.2. The quantitative estimate of drug-likeness (QED) is 0.807. The monoisotopic (exact) mass is 392 g/mol. The third-order valence-electron chi connectivity index (χ3n) is 3.83. The molecule has 1 fully saturated rings. The summed E-state index contributed by atoms with van der Waals surface area (Å²) in [7, 11) is -3.53. The summed E-state index contributed by atoms with van der Waals surface area (Å²) >= 11 is 5.07. The molecule has 1 aromatic carbocycles. The normalized spacial score (nSPS) is 23.2. The number of halogens is 1. The summed E-state index contributed by atoms with van der Waals surface area (Å²) < 4.78 is 28.8. The van der Waals surface area contributed by atoms with E-state index in [9.17, 15) is 8.42 Å². The molecule has 0 heterocycles. The van der Waals surface area contributed by atoms with Crippen molar-refractivity contribution in [1.82, 2.24) is 4.72 Å². The lowest BCUT2D eigenvalue weighted by Gasteiger charge is -2.30. The first kappa shape index (κ1) is 17.3. The fourth-order valence-corrected chi connectivity index (χ4v) is 6.00. The van der Waals surface area contributed by atoms with Crippen molar-refractivity contribution in [1.29, 1.82) is 0 Å². The third-order valence-corrected chi connectivity index (χ3v) is 7.49. The van der Waals surface area contributed by atoms with Gasteiger partial charge in [-0.25, -0.2) is 13.1 Å². The maximum absolute atomic E-state index is 12.7. The molecule has 1 aliphatic rings. The van der Waals surface area contributed by atoms with E-state index in [4.69, 9.17) is 5.73 Å². The number of hydrogen-bond donors (Lipinski definition) is 2. The molecule has 0 amide bonds. The minimum Gasteiger partial charge on any atom is -0.326 e. The van der Waals surface area contributed by atoms with Crippen LogP contribution in [0.2, 0.25) is 0 Å². The van der Waals surface area contributed by atoms with Gasteiger partial charge in [0.25, 0.3) is 0 Å². The molecule has 0 radical (unpaired) electrons. The molecule has 118 valence electrons. The van der Waals surface area contributed by atoms with E-state index in [0.29, 0.717) is 16.3 Å². The molecule has 2 unspecified atom stereocenters. The molecule has 0 aromatic heterocycles. The van der Waals surface area contributed by atoms with Crippen molar-refractivity contribution in [3.05, 3.63) is 28.2 Å². The van der Waals surface area contributed by atoms with Crippen LogP contribution in [0.4, 0.5) is 0 Å². The molecule has 21 heavy (non-hydrogen) atoms. The molecular weight excluding hydrogens is 372 g/mol. The first-order valence-electron chi connectivity index (χ1n) is 7.01. The van der Waals surface area contributed by atoms with Crippen molar-refractivity contribution < 1.29 is 8.42 Å². The maximum atomic E-state index is 12.7. The number of sulfonamides is 1. The minimum atomic E-state index is -3.53. The lowest BCUT2D eigenvalue weighted by Crippen LogP contribution is -2.43. The molecule has 0 aliphatic heterocycles. The van der Waals surface area contributed by atoms with Crippen molar-refractivity contribution >= 4 is 37.7 Å². The Labute approximate surface area is 139 Å². The summed E-state index contributed by atoms with van der Waals surface area (Å²) in [4.78, 5) is 0.274. The molecule has 3 N–H and O–H groups in total. The number of nitrogens with two attached hydrogens (primary N) is 1. The van der Waals surface area contributed by atoms with Crippen LogP contribution in [-0.2, 0) is 16.6 Å². The van der Waals surface area contributed by atoms with Crippen molar-refractivity contribution in [2.24, 2.45) is 5.73 Å². The highest BCUT2D eigenvalue weighted by Gasteiger charge is 2.29. The van der Waals surface area contributed by atoms with Gasteiger partial charge >= 0.3 is 0 Å². The summed E-state index contributed by atoms with van der Waals surface area (Å²) in [6.07, 6.45) is 6.27. The van der Waals surface area contributed by atoms with Gasteiger partial charge in [0, 0.05) is 22.3 Å². The van der Waals surface area contributed by atoms with Crippen molar-refractivity contribution in [3.63, 3.8) is 0 Å². The lowest BCUT2D eigenvalue weighted by molar-refractivity contribution is 0.423. The Morgan fingerprint density at radius 3 is 2.76 bits per heavy atom. The highest BCUT2D eigenvalue weighted by Crippen LogP contribution is 2.30. The van der Waals surface area contributed by atoms with Crippen LogP contribution in [0.5, 0.6) is 0 Å². The van der Waals surface area contributed by atoms with Crippen LogP contribution in [0.3, 0.4) is 0 Å². The molecule has 2 rings (SSSR count). The van der Waals surface area contributed by atoms with Crippen LogP contribution < -0.4 is 10.5 Å². The van der Waals surface area contributed by atoms with Gasteiger partial charge in [-0.1, -0.05) is 18.9 Å². The number of benzene rings is 1. The Hall–Kier alpha value is -0.0800. The third kappa shape index (κ3) is 4.22. The van der Waals surface area contributed by atoms with Gasteiger partial charge in [-0.3, -0.25) is 0 Å². The number of thioether (sulfide) groups is 1. The highest BCUT2D eigenvalue weighted by atomic mass is 79.9. The van der Waals surface area contributed by atoms with Crippen LogP contribution in [-0.4, -0.2) is 26.0 Å². The first-order chi connectivity index (χ1) is 9.97. The van der Waals surface area contributed by atoms with Gasteiger partial charge in [-0.05, 0) is 52.7 Å². The van der Waals surface area contributed by atoms with Crippen molar-refractivity contribution in [3.8, 4) is 0 Å². The average Bonchev–Trinajstić information content (AvgIpc) is 2.47.